The van der Waals surface area contributed by atoms with Crippen molar-refractivity contribution < 1.29 is 22.1 Å². The van der Waals surface area contributed by atoms with Gasteiger partial charge in [-0.3, -0.25) is 4.18 Å². The fourth-order valence-electron chi connectivity index (χ4n) is 1.68. The molecule has 1 aromatic rings. The molecular formula is C13H16O5S. The van der Waals surface area contributed by atoms with Gasteiger partial charge in [0.1, 0.15) is 12.0 Å². The number of rotatable bonds is 6. The van der Waals surface area contributed by atoms with Gasteiger partial charge >= 0.3 is 0 Å². The molecule has 0 radical (unpaired) electrons. The van der Waals surface area contributed by atoms with Crippen LogP contribution in [0, 0.1) is 0 Å². The zero-order chi connectivity index (χ0) is 13.7. The van der Waals surface area contributed by atoms with Crippen molar-refractivity contribution in [3.63, 3.8) is 0 Å². The average molecular weight is 284 g/mol. The minimum atomic E-state index is -3.40. The lowest BCUT2D eigenvalue weighted by atomic mass is 10.1. The standard InChI is InChI=1S/C13H16O5S/c1-19(14,15)17-8-7-12-10-16-13(18-12)9-11-5-3-2-4-6-11/h2-6,10,13H,7-9H2,1H3. The maximum Gasteiger partial charge on any atom is 0.264 e. The molecule has 0 fully saturated rings. The summed E-state index contributed by atoms with van der Waals surface area (Å²) in [6, 6.07) is 9.86. The molecule has 1 aliphatic rings. The van der Waals surface area contributed by atoms with E-state index in [2.05, 4.69) is 4.18 Å². The van der Waals surface area contributed by atoms with Crippen molar-refractivity contribution in [1.29, 1.82) is 0 Å². The normalized spacial score (nSPS) is 18.6. The Hall–Kier alpha value is -1.53. The Balaban J connectivity index is 1.74. The summed E-state index contributed by atoms with van der Waals surface area (Å²) in [5, 5.41) is 0. The van der Waals surface area contributed by atoms with Gasteiger partial charge in [-0.1, -0.05) is 30.3 Å². The molecule has 0 aliphatic carbocycles. The SMILES string of the molecule is CS(=O)(=O)OCCC1=COC(Cc2ccccc2)O1. The van der Waals surface area contributed by atoms with Crippen molar-refractivity contribution in [3.8, 4) is 0 Å². The third-order valence-electron chi connectivity index (χ3n) is 2.53. The molecule has 1 atom stereocenters. The summed E-state index contributed by atoms with van der Waals surface area (Å²) in [5.74, 6) is 0.601. The Kier molecular flexibility index (Phi) is 4.44. The van der Waals surface area contributed by atoms with Gasteiger partial charge in [-0.25, -0.2) is 0 Å². The van der Waals surface area contributed by atoms with E-state index in [1.807, 2.05) is 30.3 Å². The molecule has 2 rings (SSSR count). The summed E-state index contributed by atoms with van der Waals surface area (Å²) >= 11 is 0. The third kappa shape index (κ3) is 4.92. The first-order valence-electron chi connectivity index (χ1n) is 5.92. The highest BCUT2D eigenvalue weighted by atomic mass is 32.2. The van der Waals surface area contributed by atoms with Crippen molar-refractivity contribution in [2.45, 2.75) is 19.1 Å². The topological polar surface area (TPSA) is 61.8 Å². The zero-order valence-electron chi connectivity index (χ0n) is 10.6. The van der Waals surface area contributed by atoms with Gasteiger partial charge in [0, 0.05) is 12.8 Å². The maximum atomic E-state index is 10.8. The Bertz CT molecular complexity index is 535. The number of hydrogen-bond donors (Lipinski definition) is 0. The Labute approximate surface area is 112 Å². The second kappa shape index (κ2) is 6.08. The molecule has 0 aromatic heterocycles. The molecule has 1 unspecified atom stereocenters. The minimum Gasteiger partial charge on any atom is -0.459 e. The summed E-state index contributed by atoms with van der Waals surface area (Å²) in [7, 11) is -3.40. The van der Waals surface area contributed by atoms with Gasteiger partial charge in [0.25, 0.3) is 10.1 Å². The van der Waals surface area contributed by atoms with Crippen LogP contribution in [-0.2, 0) is 30.2 Å². The third-order valence-corrected chi connectivity index (χ3v) is 3.12. The molecule has 0 saturated heterocycles. The molecule has 6 heteroatoms. The van der Waals surface area contributed by atoms with Gasteiger partial charge in [0.05, 0.1) is 12.9 Å². The molecule has 0 bridgehead atoms. The van der Waals surface area contributed by atoms with Crippen LogP contribution in [0.1, 0.15) is 12.0 Å². The molecule has 1 heterocycles. The molecule has 19 heavy (non-hydrogen) atoms. The van der Waals surface area contributed by atoms with E-state index in [1.165, 1.54) is 6.26 Å². The molecule has 1 aliphatic heterocycles. The average Bonchev–Trinajstić information content (AvgIpc) is 2.76. The summed E-state index contributed by atoms with van der Waals surface area (Å²) in [6.07, 6.45) is 3.20. The molecular weight excluding hydrogens is 268 g/mol. The first-order chi connectivity index (χ1) is 9.03. The largest absolute Gasteiger partial charge is 0.459 e. The molecule has 5 nitrogen and oxygen atoms in total. The highest BCUT2D eigenvalue weighted by Crippen LogP contribution is 2.20. The lowest BCUT2D eigenvalue weighted by molar-refractivity contribution is -0.0322. The molecule has 1 aromatic carbocycles. The fraction of sp³-hybridized carbons (Fsp3) is 0.385. The fourth-order valence-corrected chi connectivity index (χ4v) is 2.07. The van der Waals surface area contributed by atoms with Crippen LogP contribution in [0.4, 0.5) is 0 Å². The Morgan fingerprint density at radius 1 is 1.26 bits per heavy atom. The van der Waals surface area contributed by atoms with E-state index in [4.69, 9.17) is 9.47 Å². The predicted molar refractivity (Wildman–Crippen MR) is 69.6 cm³/mol. The van der Waals surface area contributed by atoms with Crippen molar-refractivity contribution in [2.75, 3.05) is 12.9 Å². The van der Waals surface area contributed by atoms with E-state index in [-0.39, 0.29) is 12.9 Å². The van der Waals surface area contributed by atoms with Crippen molar-refractivity contribution in [1.82, 2.24) is 0 Å². The first kappa shape index (κ1) is 13.9. The van der Waals surface area contributed by atoms with E-state index in [1.54, 1.807) is 0 Å². The molecule has 104 valence electrons. The van der Waals surface area contributed by atoms with Gasteiger partial charge in [0.15, 0.2) is 0 Å². The second-order valence-electron chi connectivity index (χ2n) is 4.23. The lowest BCUT2D eigenvalue weighted by Gasteiger charge is -2.11. The van der Waals surface area contributed by atoms with Crippen LogP contribution in [0.3, 0.4) is 0 Å². The molecule has 0 saturated carbocycles. The summed E-state index contributed by atoms with van der Waals surface area (Å²) in [6.45, 7) is 0.0616. The molecule has 0 spiro atoms. The summed E-state index contributed by atoms with van der Waals surface area (Å²) in [4.78, 5) is 0. The van der Waals surface area contributed by atoms with Crippen molar-refractivity contribution in [2.24, 2.45) is 0 Å². The van der Waals surface area contributed by atoms with Crippen LogP contribution < -0.4 is 0 Å². The van der Waals surface area contributed by atoms with Gasteiger partial charge in [-0.15, -0.1) is 0 Å². The summed E-state index contributed by atoms with van der Waals surface area (Å²) < 4.78 is 37.1. The Morgan fingerprint density at radius 3 is 2.68 bits per heavy atom. The highest BCUT2D eigenvalue weighted by molar-refractivity contribution is 7.85. The number of ether oxygens (including phenoxy) is 2. The van der Waals surface area contributed by atoms with E-state index in [0.29, 0.717) is 18.6 Å². The smallest absolute Gasteiger partial charge is 0.264 e. The van der Waals surface area contributed by atoms with Crippen molar-refractivity contribution in [3.05, 3.63) is 47.9 Å². The van der Waals surface area contributed by atoms with Gasteiger partial charge < -0.3 is 9.47 Å². The van der Waals surface area contributed by atoms with E-state index < -0.39 is 10.1 Å². The van der Waals surface area contributed by atoms with Crippen molar-refractivity contribution >= 4 is 10.1 Å². The van der Waals surface area contributed by atoms with Crippen LogP contribution in [0.5, 0.6) is 0 Å². The molecule has 0 amide bonds. The number of hydrogen-bond acceptors (Lipinski definition) is 5. The Morgan fingerprint density at radius 2 is 2.00 bits per heavy atom. The zero-order valence-corrected chi connectivity index (χ0v) is 11.4. The highest BCUT2D eigenvalue weighted by Gasteiger charge is 2.19. The molecule has 0 N–H and O–H groups in total. The number of benzene rings is 1. The quantitative estimate of drug-likeness (QED) is 0.746. The second-order valence-corrected chi connectivity index (χ2v) is 5.88. The van der Waals surface area contributed by atoms with Gasteiger partial charge in [-0.05, 0) is 5.56 Å². The van der Waals surface area contributed by atoms with Crippen LogP contribution >= 0.6 is 0 Å². The van der Waals surface area contributed by atoms with Crippen LogP contribution in [0.25, 0.3) is 0 Å². The lowest BCUT2D eigenvalue weighted by Crippen LogP contribution is -2.12. The van der Waals surface area contributed by atoms with E-state index in [9.17, 15) is 8.42 Å². The minimum absolute atomic E-state index is 0.0616. The first-order valence-corrected chi connectivity index (χ1v) is 7.74. The van der Waals surface area contributed by atoms with Gasteiger partial charge in [-0.2, -0.15) is 8.42 Å². The van der Waals surface area contributed by atoms with Crippen LogP contribution in [-0.4, -0.2) is 27.6 Å². The maximum absolute atomic E-state index is 10.8. The van der Waals surface area contributed by atoms with E-state index in [0.717, 1.165) is 11.8 Å². The van der Waals surface area contributed by atoms with Crippen LogP contribution in [0.15, 0.2) is 42.4 Å². The summed E-state index contributed by atoms with van der Waals surface area (Å²) in [5.41, 5.74) is 1.12. The van der Waals surface area contributed by atoms with E-state index >= 15 is 0 Å². The predicted octanol–water partition coefficient (Wildman–Crippen LogP) is 1.81. The van der Waals surface area contributed by atoms with Crippen LogP contribution in [0.2, 0.25) is 0 Å². The monoisotopic (exact) mass is 284 g/mol. The van der Waals surface area contributed by atoms with Gasteiger partial charge in [0.2, 0.25) is 6.29 Å².